The quantitative estimate of drug-likeness (QED) is 0.638. The van der Waals surface area contributed by atoms with E-state index in [2.05, 4.69) is 4.98 Å². The summed E-state index contributed by atoms with van der Waals surface area (Å²) in [7, 11) is -0.509. The molecule has 0 atom stereocenters. The van der Waals surface area contributed by atoms with Crippen LogP contribution in [0.5, 0.6) is 0 Å². The third-order valence-corrected chi connectivity index (χ3v) is 1.60. The van der Waals surface area contributed by atoms with Crippen LogP contribution >= 0.6 is 8.46 Å². The van der Waals surface area contributed by atoms with Gasteiger partial charge in [-0.25, -0.2) is 4.98 Å². The molecule has 12 heavy (non-hydrogen) atoms. The Morgan fingerprint density at radius 1 is 1.42 bits per heavy atom. The molecular formula is C6H3F3NOP. The lowest BCUT2D eigenvalue weighted by molar-refractivity contribution is -0.137. The van der Waals surface area contributed by atoms with E-state index in [1.807, 2.05) is 0 Å². The zero-order chi connectivity index (χ0) is 9.19. The van der Waals surface area contributed by atoms with Gasteiger partial charge in [-0.05, 0) is 12.1 Å². The number of hydrogen-bond acceptors (Lipinski definition) is 2. The van der Waals surface area contributed by atoms with E-state index in [0.29, 0.717) is 0 Å². The molecule has 0 aliphatic carbocycles. The highest BCUT2D eigenvalue weighted by Gasteiger charge is 2.30. The fourth-order valence-electron chi connectivity index (χ4n) is 0.645. The molecule has 1 aromatic rings. The number of pyridine rings is 1. The van der Waals surface area contributed by atoms with Crippen LogP contribution in [0.15, 0.2) is 18.3 Å². The van der Waals surface area contributed by atoms with E-state index in [1.54, 1.807) is 0 Å². The van der Waals surface area contributed by atoms with Crippen molar-refractivity contribution >= 4 is 13.9 Å². The maximum Gasteiger partial charge on any atom is 0.416 e. The molecule has 6 heteroatoms. The molecule has 0 fully saturated rings. The average Bonchev–Trinajstić information content (AvgIpc) is 2.03. The molecule has 0 saturated carbocycles. The van der Waals surface area contributed by atoms with Crippen LogP contribution in [0.4, 0.5) is 13.2 Å². The second kappa shape index (κ2) is 3.19. The molecule has 0 aromatic carbocycles. The molecule has 0 unspecified atom stereocenters. The molecule has 0 aliphatic rings. The molecule has 0 spiro atoms. The molecule has 0 bridgehead atoms. The lowest BCUT2D eigenvalue weighted by Gasteiger charge is -2.04. The summed E-state index contributed by atoms with van der Waals surface area (Å²) < 4.78 is 46.1. The number of hydrogen-bond donors (Lipinski definition) is 0. The topological polar surface area (TPSA) is 30.0 Å². The van der Waals surface area contributed by atoms with Gasteiger partial charge in [0, 0.05) is 6.20 Å². The summed E-state index contributed by atoms with van der Waals surface area (Å²) in [4.78, 5) is 3.45. The van der Waals surface area contributed by atoms with Gasteiger partial charge in [0.25, 0.3) is 0 Å². The Bertz CT molecular complexity index is 299. The lowest BCUT2D eigenvalue weighted by atomic mass is 10.3. The van der Waals surface area contributed by atoms with Crippen LogP contribution < -0.4 is 5.44 Å². The van der Waals surface area contributed by atoms with E-state index >= 15 is 0 Å². The van der Waals surface area contributed by atoms with Gasteiger partial charge < -0.3 is 0 Å². The average molecular weight is 193 g/mol. The number of nitrogens with zero attached hydrogens (tertiary/aromatic N) is 1. The third-order valence-electron chi connectivity index (χ3n) is 1.17. The molecule has 0 N–H and O–H groups in total. The van der Waals surface area contributed by atoms with Gasteiger partial charge in [-0.15, -0.1) is 0 Å². The van der Waals surface area contributed by atoms with Crippen LogP contribution in [0.2, 0.25) is 0 Å². The summed E-state index contributed by atoms with van der Waals surface area (Å²) >= 11 is 0. The van der Waals surface area contributed by atoms with Gasteiger partial charge in [0.1, 0.15) is 5.44 Å². The Labute approximate surface area is 67.6 Å². The number of halogens is 3. The first-order chi connectivity index (χ1) is 5.54. The standard InChI is InChI=1S/C6H3F3NOP/c7-6(8,9)4-1-2-10-5(3-4)12-11/h1-3H. The molecule has 0 saturated heterocycles. The molecule has 1 rings (SSSR count). The van der Waals surface area contributed by atoms with E-state index < -0.39 is 20.2 Å². The van der Waals surface area contributed by atoms with Gasteiger partial charge in [0.2, 0.25) is 8.46 Å². The molecule has 0 radical (unpaired) electrons. The Hall–Kier alpha value is -0.960. The van der Waals surface area contributed by atoms with E-state index in [1.165, 1.54) is 0 Å². The highest BCUT2D eigenvalue weighted by Crippen LogP contribution is 2.28. The van der Waals surface area contributed by atoms with Gasteiger partial charge in [-0.2, -0.15) is 13.2 Å². The van der Waals surface area contributed by atoms with Crippen LogP contribution in [0.1, 0.15) is 5.56 Å². The van der Waals surface area contributed by atoms with Crippen LogP contribution in [0, 0.1) is 0 Å². The van der Waals surface area contributed by atoms with E-state index in [9.17, 15) is 17.7 Å². The Morgan fingerprint density at radius 3 is 2.58 bits per heavy atom. The maximum absolute atomic E-state index is 12.0. The minimum absolute atomic E-state index is 0.121. The van der Waals surface area contributed by atoms with Gasteiger partial charge in [0.05, 0.1) is 5.56 Å². The van der Waals surface area contributed by atoms with Crippen molar-refractivity contribution in [2.24, 2.45) is 0 Å². The zero-order valence-electron chi connectivity index (χ0n) is 5.67. The van der Waals surface area contributed by atoms with Crippen molar-refractivity contribution in [1.82, 2.24) is 4.98 Å². The number of alkyl halides is 3. The summed E-state index contributed by atoms with van der Waals surface area (Å²) in [5, 5.41) is 0. The SMILES string of the molecule is O=Pc1cc(C(F)(F)F)ccn1. The van der Waals surface area contributed by atoms with Crippen LogP contribution in [-0.4, -0.2) is 4.98 Å². The Morgan fingerprint density at radius 2 is 2.08 bits per heavy atom. The molecule has 1 aromatic heterocycles. The second-order valence-electron chi connectivity index (χ2n) is 1.99. The minimum Gasteiger partial charge on any atom is -0.268 e. The highest BCUT2D eigenvalue weighted by molar-refractivity contribution is 7.33. The summed E-state index contributed by atoms with van der Waals surface area (Å²) in [6.07, 6.45) is -3.43. The summed E-state index contributed by atoms with van der Waals surface area (Å²) in [5.41, 5.74) is -0.958. The first-order valence-corrected chi connectivity index (χ1v) is 3.72. The largest absolute Gasteiger partial charge is 0.416 e. The van der Waals surface area contributed by atoms with Gasteiger partial charge >= 0.3 is 6.18 Å². The van der Waals surface area contributed by atoms with Gasteiger partial charge in [0.15, 0.2) is 0 Å². The van der Waals surface area contributed by atoms with Crippen molar-refractivity contribution < 1.29 is 17.7 Å². The molecule has 2 nitrogen and oxygen atoms in total. The van der Waals surface area contributed by atoms with Gasteiger partial charge in [-0.3, -0.25) is 4.57 Å². The zero-order valence-corrected chi connectivity index (χ0v) is 6.56. The normalized spacial score (nSPS) is 11.9. The van der Waals surface area contributed by atoms with E-state index in [0.717, 1.165) is 18.3 Å². The Balaban J connectivity index is 3.10. The molecule has 1 heterocycles. The number of rotatable bonds is 1. The Kier molecular flexibility index (Phi) is 2.43. The summed E-state index contributed by atoms with van der Waals surface area (Å²) in [6, 6.07) is 1.57. The van der Waals surface area contributed by atoms with Crippen molar-refractivity contribution in [3.05, 3.63) is 23.9 Å². The molecule has 0 aliphatic heterocycles. The monoisotopic (exact) mass is 193 g/mol. The third kappa shape index (κ3) is 2.01. The summed E-state index contributed by atoms with van der Waals surface area (Å²) in [5.74, 6) is 0. The first-order valence-electron chi connectivity index (χ1n) is 2.90. The van der Waals surface area contributed by atoms with Crippen molar-refractivity contribution in [3.8, 4) is 0 Å². The lowest BCUT2D eigenvalue weighted by Crippen LogP contribution is -2.09. The smallest absolute Gasteiger partial charge is 0.268 e. The summed E-state index contributed by atoms with van der Waals surface area (Å²) in [6.45, 7) is 0. The predicted molar refractivity (Wildman–Crippen MR) is 36.5 cm³/mol. The fraction of sp³-hybridized carbons (Fsp3) is 0.167. The molecular weight excluding hydrogens is 190 g/mol. The second-order valence-corrected chi connectivity index (χ2v) is 2.63. The fourth-order valence-corrected chi connectivity index (χ4v) is 0.950. The molecule has 64 valence electrons. The van der Waals surface area contributed by atoms with Gasteiger partial charge in [-0.1, -0.05) is 0 Å². The van der Waals surface area contributed by atoms with Crippen molar-refractivity contribution in [2.45, 2.75) is 6.18 Å². The number of aromatic nitrogens is 1. The van der Waals surface area contributed by atoms with Crippen molar-refractivity contribution in [3.63, 3.8) is 0 Å². The maximum atomic E-state index is 12.0. The van der Waals surface area contributed by atoms with Crippen LogP contribution in [-0.2, 0) is 10.7 Å². The predicted octanol–water partition coefficient (Wildman–Crippen LogP) is 2.02. The van der Waals surface area contributed by atoms with Crippen LogP contribution in [0.3, 0.4) is 0 Å². The highest BCUT2D eigenvalue weighted by atomic mass is 31.1. The van der Waals surface area contributed by atoms with E-state index in [4.69, 9.17) is 0 Å². The van der Waals surface area contributed by atoms with E-state index in [-0.39, 0.29) is 5.44 Å². The molecule has 0 amide bonds. The van der Waals surface area contributed by atoms with Crippen LogP contribution in [0.25, 0.3) is 0 Å². The first kappa shape index (κ1) is 9.13. The minimum atomic E-state index is -4.40. The van der Waals surface area contributed by atoms with Crippen molar-refractivity contribution in [2.75, 3.05) is 0 Å². The van der Waals surface area contributed by atoms with Crippen molar-refractivity contribution in [1.29, 1.82) is 0 Å².